The molecule has 0 atom stereocenters. The summed E-state index contributed by atoms with van der Waals surface area (Å²) in [5, 5.41) is 0. The van der Waals surface area contributed by atoms with Crippen molar-refractivity contribution in [3.63, 3.8) is 0 Å². The van der Waals surface area contributed by atoms with Gasteiger partial charge < -0.3 is 9.47 Å². The first-order valence-corrected chi connectivity index (χ1v) is 6.32. The van der Waals surface area contributed by atoms with Crippen molar-refractivity contribution in [3.8, 4) is 11.5 Å². The molecule has 0 aliphatic heterocycles. The van der Waals surface area contributed by atoms with Gasteiger partial charge in [0.25, 0.3) is 0 Å². The lowest BCUT2D eigenvalue weighted by Gasteiger charge is -2.11. The molecule has 104 valence electrons. The molecule has 20 heavy (non-hydrogen) atoms. The van der Waals surface area contributed by atoms with Gasteiger partial charge in [0.2, 0.25) is 0 Å². The Labute approximate surface area is 117 Å². The zero-order valence-electron chi connectivity index (χ0n) is 11.4. The number of hydrogen-bond donors (Lipinski definition) is 0. The molecule has 0 spiro atoms. The van der Waals surface area contributed by atoms with Crippen molar-refractivity contribution in [1.82, 2.24) is 0 Å². The normalized spacial score (nSPS) is 10.2. The molecule has 0 saturated heterocycles. The quantitative estimate of drug-likeness (QED) is 0.787. The number of aryl methyl sites for hydroxylation is 1. The zero-order valence-corrected chi connectivity index (χ0v) is 11.4. The maximum absolute atomic E-state index is 13.2. The van der Waals surface area contributed by atoms with Crippen LogP contribution >= 0.6 is 0 Å². The van der Waals surface area contributed by atoms with Crippen LogP contribution in [-0.4, -0.2) is 12.6 Å². The lowest BCUT2D eigenvalue weighted by atomic mass is 10.2. The van der Waals surface area contributed by atoms with Crippen molar-refractivity contribution < 1.29 is 18.7 Å². The standard InChI is InChI=1S/C16H15FO3/c1-3-19-16(18)13-6-4-5-7-15(13)20-12-8-9-14(17)11(2)10-12/h4-10H,3H2,1-2H3. The average Bonchev–Trinajstić information content (AvgIpc) is 2.44. The molecular formula is C16H15FO3. The molecule has 0 aromatic heterocycles. The fourth-order valence-corrected chi connectivity index (χ4v) is 1.74. The summed E-state index contributed by atoms with van der Waals surface area (Å²) < 4.78 is 23.8. The fourth-order valence-electron chi connectivity index (χ4n) is 1.74. The molecule has 0 saturated carbocycles. The number of hydrogen-bond acceptors (Lipinski definition) is 3. The van der Waals surface area contributed by atoms with Crippen LogP contribution in [0.25, 0.3) is 0 Å². The van der Waals surface area contributed by atoms with Gasteiger partial charge in [0.1, 0.15) is 22.9 Å². The number of carbonyl (C=O) groups is 1. The number of halogens is 1. The second kappa shape index (κ2) is 6.19. The van der Waals surface area contributed by atoms with E-state index >= 15 is 0 Å². The van der Waals surface area contributed by atoms with Crippen LogP contribution in [0.15, 0.2) is 42.5 Å². The summed E-state index contributed by atoms with van der Waals surface area (Å²) in [6, 6.07) is 11.2. The van der Waals surface area contributed by atoms with Crippen molar-refractivity contribution in [3.05, 3.63) is 59.4 Å². The number of esters is 1. The first kappa shape index (κ1) is 14.1. The van der Waals surface area contributed by atoms with E-state index in [4.69, 9.17) is 9.47 Å². The van der Waals surface area contributed by atoms with Crippen LogP contribution in [0, 0.1) is 12.7 Å². The minimum Gasteiger partial charge on any atom is -0.462 e. The van der Waals surface area contributed by atoms with E-state index in [1.54, 1.807) is 44.2 Å². The first-order chi connectivity index (χ1) is 9.61. The lowest BCUT2D eigenvalue weighted by Crippen LogP contribution is -2.06. The van der Waals surface area contributed by atoms with Gasteiger partial charge in [-0.1, -0.05) is 12.1 Å². The van der Waals surface area contributed by atoms with E-state index in [1.165, 1.54) is 12.1 Å². The fraction of sp³-hybridized carbons (Fsp3) is 0.188. The maximum atomic E-state index is 13.2. The van der Waals surface area contributed by atoms with Gasteiger partial charge in [-0.05, 0) is 49.7 Å². The van der Waals surface area contributed by atoms with Gasteiger partial charge in [-0.25, -0.2) is 9.18 Å². The highest BCUT2D eigenvalue weighted by molar-refractivity contribution is 5.92. The van der Waals surface area contributed by atoms with Gasteiger partial charge in [-0.15, -0.1) is 0 Å². The molecule has 0 N–H and O–H groups in total. The monoisotopic (exact) mass is 274 g/mol. The van der Waals surface area contributed by atoms with Crippen LogP contribution in [0.5, 0.6) is 11.5 Å². The molecule has 3 nitrogen and oxygen atoms in total. The average molecular weight is 274 g/mol. The van der Waals surface area contributed by atoms with Gasteiger partial charge in [0.15, 0.2) is 0 Å². The zero-order chi connectivity index (χ0) is 14.5. The molecule has 0 amide bonds. The Morgan fingerprint density at radius 3 is 2.65 bits per heavy atom. The topological polar surface area (TPSA) is 35.5 Å². The maximum Gasteiger partial charge on any atom is 0.341 e. The van der Waals surface area contributed by atoms with Crippen LogP contribution < -0.4 is 4.74 Å². The van der Waals surface area contributed by atoms with E-state index in [0.717, 1.165) is 0 Å². The molecule has 0 aliphatic carbocycles. The molecule has 2 rings (SSSR count). The number of ether oxygens (including phenoxy) is 2. The van der Waals surface area contributed by atoms with Crippen LogP contribution in [0.3, 0.4) is 0 Å². The highest BCUT2D eigenvalue weighted by Gasteiger charge is 2.13. The Hall–Kier alpha value is -2.36. The van der Waals surface area contributed by atoms with Crippen molar-refractivity contribution in [2.45, 2.75) is 13.8 Å². The van der Waals surface area contributed by atoms with Gasteiger partial charge >= 0.3 is 5.97 Å². The molecule has 0 heterocycles. The Morgan fingerprint density at radius 2 is 1.95 bits per heavy atom. The SMILES string of the molecule is CCOC(=O)c1ccccc1Oc1ccc(F)c(C)c1. The summed E-state index contributed by atoms with van der Waals surface area (Å²) in [7, 11) is 0. The molecular weight excluding hydrogens is 259 g/mol. The van der Waals surface area contributed by atoms with Crippen molar-refractivity contribution in [1.29, 1.82) is 0 Å². The second-order valence-electron chi connectivity index (χ2n) is 4.23. The number of benzene rings is 2. The van der Waals surface area contributed by atoms with Crippen LogP contribution in [0.1, 0.15) is 22.8 Å². The minimum atomic E-state index is -0.443. The molecule has 4 heteroatoms. The second-order valence-corrected chi connectivity index (χ2v) is 4.23. The summed E-state index contributed by atoms with van der Waals surface area (Å²) in [4.78, 5) is 11.8. The van der Waals surface area contributed by atoms with Crippen LogP contribution in [0.4, 0.5) is 4.39 Å². The summed E-state index contributed by atoms with van der Waals surface area (Å²) in [6.07, 6.45) is 0. The van der Waals surface area contributed by atoms with Gasteiger partial charge in [-0.3, -0.25) is 0 Å². The Morgan fingerprint density at radius 1 is 1.20 bits per heavy atom. The van der Waals surface area contributed by atoms with E-state index in [1.807, 2.05) is 0 Å². The smallest absolute Gasteiger partial charge is 0.341 e. The summed E-state index contributed by atoms with van der Waals surface area (Å²) >= 11 is 0. The van der Waals surface area contributed by atoms with Crippen LogP contribution in [0.2, 0.25) is 0 Å². The highest BCUT2D eigenvalue weighted by Crippen LogP contribution is 2.27. The number of para-hydroxylation sites is 1. The predicted molar refractivity (Wildman–Crippen MR) is 73.6 cm³/mol. The van der Waals surface area contributed by atoms with E-state index < -0.39 is 5.97 Å². The summed E-state index contributed by atoms with van der Waals surface area (Å²) in [5.74, 6) is 0.121. The van der Waals surface area contributed by atoms with Gasteiger partial charge in [0, 0.05) is 0 Å². The molecule has 0 radical (unpaired) electrons. The Kier molecular flexibility index (Phi) is 4.35. The lowest BCUT2D eigenvalue weighted by molar-refractivity contribution is 0.0523. The highest BCUT2D eigenvalue weighted by atomic mass is 19.1. The largest absolute Gasteiger partial charge is 0.462 e. The van der Waals surface area contributed by atoms with Gasteiger partial charge in [-0.2, -0.15) is 0 Å². The molecule has 0 bridgehead atoms. The van der Waals surface area contributed by atoms with E-state index in [9.17, 15) is 9.18 Å². The third-order valence-electron chi connectivity index (χ3n) is 2.74. The van der Waals surface area contributed by atoms with Crippen LogP contribution in [-0.2, 0) is 4.74 Å². The van der Waals surface area contributed by atoms with E-state index in [2.05, 4.69) is 0 Å². The Bertz CT molecular complexity index is 623. The van der Waals surface area contributed by atoms with Gasteiger partial charge in [0.05, 0.1) is 6.61 Å². The molecule has 0 unspecified atom stereocenters. The van der Waals surface area contributed by atoms with E-state index in [0.29, 0.717) is 29.2 Å². The minimum absolute atomic E-state index is 0.294. The molecule has 2 aromatic rings. The van der Waals surface area contributed by atoms with Crippen molar-refractivity contribution >= 4 is 5.97 Å². The Balaban J connectivity index is 2.29. The van der Waals surface area contributed by atoms with Crippen molar-refractivity contribution in [2.24, 2.45) is 0 Å². The first-order valence-electron chi connectivity index (χ1n) is 6.32. The van der Waals surface area contributed by atoms with E-state index in [-0.39, 0.29) is 5.82 Å². The molecule has 2 aromatic carbocycles. The number of carbonyl (C=O) groups excluding carboxylic acids is 1. The third-order valence-corrected chi connectivity index (χ3v) is 2.74. The number of rotatable bonds is 4. The van der Waals surface area contributed by atoms with Crippen molar-refractivity contribution in [2.75, 3.05) is 6.61 Å². The molecule has 0 aliphatic rings. The third kappa shape index (κ3) is 3.15. The summed E-state index contributed by atoms with van der Waals surface area (Å²) in [5.41, 5.74) is 0.826. The summed E-state index contributed by atoms with van der Waals surface area (Å²) in [6.45, 7) is 3.69. The molecule has 0 fully saturated rings. The predicted octanol–water partition coefficient (Wildman–Crippen LogP) is 4.10.